The molecule has 0 radical (unpaired) electrons. The Morgan fingerprint density at radius 2 is 1.50 bits per heavy atom. The molecule has 0 heteroatoms. The van der Waals surface area contributed by atoms with Crippen LogP contribution in [0.3, 0.4) is 0 Å². The van der Waals surface area contributed by atoms with Crippen molar-refractivity contribution in [2.45, 2.75) is 45.4 Å². The number of rotatable bonds is 0. The van der Waals surface area contributed by atoms with E-state index in [1.165, 1.54) is 38.5 Å². The quantitative estimate of drug-likeness (QED) is 0.506. The van der Waals surface area contributed by atoms with E-state index in [1.807, 2.05) is 0 Å². The normalized spacial score (nSPS) is 51.4. The van der Waals surface area contributed by atoms with Crippen LogP contribution in [0.15, 0.2) is 12.2 Å². The minimum absolute atomic E-state index is 0.869. The molecule has 0 saturated heterocycles. The van der Waals surface area contributed by atoms with Gasteiger partial charge >= 0.3 is 0 Å². The van der Waals surface area contributed by atoms with E-state index in [-0.39, 0.29) is 0 Å². The summed E-state index contributed by atoms with van der Waals surface area (Å²) < 4.78 is 0. The zero-order valence-electron chi connectivity index (χ0n) is 9.28. The van der Waals surface area contributed by atoms with Crippen LogP contribution in [0.1, 0.15) is 45.4 Å². The Balaban J connectivity index is 1.90. The lowest BCUT2D eigenvalue weighted by atomic mass is 9.76. The summed E-state index contributed by atoms with van der Waals surface area (Å²) in [6.07, 6.45) is 14.2. The van der Waals surface area contributed by atoms with E-state index < -0.39 is 0 Å². The Morgan fingerprint density at radius 1 is 0.786 bits per heavy atom. The topological polar surface area (TPSA) is 0 Å². The first-order valence-corrected chi connectivity index (χ1v) is 6.54. The zero-order chi connectivity index (χ0) is 9.54. The van der Waals surface area contributed by atoms with Crippen molar-refractivity contribution in [2.24, 2.45) is 29.6 Å². The predicted octanol–water partition coefficient (Wildman–Crippen LogP) is 4.02. The molecule has 0 aromatic carbocycles. The van der Waals surface area contributed by atoms with Crippen molar-refractivity contribution in [3.8, 4) is 0 Å². The summed E-state index contributed by atoms with van der Waals surface area (Å²) in [6.45, 7) is 2.44. The molecular formula is C14H22. The Labute approximate surface area is 87.8 Å². The van der Waals surface area contributed by atoms with Crippen LogP contribution in [0.2, 0.25) is 0 Å². The average molecular weight is 190 g/mol. The second-order valence-electron chi connectivity index (χ2n) is 5.76. The van der Waals surface area contributed by atoms with E-state index in [0.717, 1.165) is 29.6 Å². The first kappa shape index (κ1) is 9.00. The summed E-state index contributed by atoms with van der Waals surface area (Å²) in [4.78, 5) is 0. The van der Waals surface area contributed by atoms with Gasteiger partial charge in [-0.3, -0.25) is 0 Å². The minimum Gasteiger partial charge on any atom is -0.0851 e. The van der Waals surface area contributed by atoms with Gasteiger partial charge in [0.25, 0.3) is 0 Å². The van der Waals surface area contributed by atoms with Crippen LogP contribution in [0.4, 0.5) is 0 Å². The third-order valence-electron chi connectivity index (χ3n) is 5.14. The molecule has 0 nitrogen and oxygen atoms in total. The molecule has 0 aromatic heterocycles. The van der Waals surface area contributed by atoms with Crippen LogP contribution >= 0.6 is 0 Å². The monoisotopic (exact) mass is 190 g/mol. The van der Waals surface area contributed by atoms with Gasteiger partial charge in [0.15, 0.2) is 0 Å². The van der Waals surface area contributed by atoms with Crippen molar-refractivity contribution in [3.05, 3.63) is 12.2 Å². The molecule has 3 aliphatic rings. The van der Waals surface area contributed by atoms with Crippen molar-refractivity contribution in [1.82, 2.24) is 0 Å². The summed E-state index contributed by atoms with van der Waals surface area (Å²) in [7, 11) is 0. The summed E-state index contributed by atoms with van der Waals surface area (Å²) in [5.41, 5.74) is 0. The van der Waals surface area contributed by atoms with Gasteiger partial charge < -0.3 is 0 Å². The van der Waals surface area contributed by atoms with E-state index in [1.54, 1.807) is 0 Å². The van der Waals surface area contributed by atoms with Crippen LogP contribution in [0.5, 0.6) is 0 Å². The molecular weight excluding hydrogens is 168 g/mol. The van der Waals surface area contributed by atoms with Gasteiger partial charge in [0.2, 0.25) is 0 Å². The molecule has 5 atom stereocenters. The number of hydrogen-bond acceptors (Lipinski definition) is 0. The first-order chi connectivity index (χ1) is 6.86. The largest absolute Gasteiger partial charge is 0.0851 e. The Hall–Kier alpha value is -0.260. The fourth-order valence-corrected chi connectivity index (χ4v) is 4.45. The second-order valence-corrected chi connectivity index (χ2v) is 5.76. The molecule has 0 N–H and O–H groups in total. The van der Waals surface area contributed by atoms with Crippen LogP contribution in [-0.2, 0) is 0 Å². The lowest BCUT2D eigenvalue weighted by Gasteiger charge is -2.28. The Kier molecular flexibility index (Phi) is 2.18. The fourth-order valence-electron chi connectivity index (χ4n) is 4.45. The van der Waals surface area contributed by atoms with Gasteiger partial charge in [0.1, 0.15) is 0 Å². The molecule has 5 unspecified atom stereocenters. The van der Waals surface area contributed by atoms with E-state index in [2.05, 4.69) is 19.1 Å². The van der Waals surface area contributed by atoms with E-state index in [4.69, 9.17) is 0 Å². The van der Waals surface area contributed by atoms with E-state index in [0.29, 0.717) is 0 Å². The molecule has 0 amide bonds. The molecule has 0 bridgehead atoms. The van der Waals surface area contributed by atoms with Gasteiger partial charge in [0.05, 0.1) is 0 Å². The minimum atomic E-state index is 0.869. The van der Waals surface area contributed by atoms with Gasteiger partial charge in [0, 0.05) is 0 Å². The van der Waals surface area contributed by atoms with Gasteiger partial charge in [-0.25, -0.2) is 0 Å². The van der Waals surface area contributed by atoms with Gasteiger partial charge in [-0.15, -0.1) is 0 Å². The van der Waals surface area contributed by atoms with Crippen LogP contribution in [-0.4, -0.2) is 0 Å². The molecule has 0 heterocycles. The summed E-state index contributed by atoms with van der Waals surface area (Å²) in [6, 6.07) is 0. The maximum Gasteiger partial charge on any atom is -0.0202 e. The predicted molar refractivity (Wildman–Crippen MR) is 60.0 cm³/mol. The number of fused-ring (bicyclic) bond motifs is 3. The Bertz CT molecular complexity index is 240. The lowest BCUT2D eigenvalue weighted by Crippen LogP contribution is -2.22. The zero-order valence-corrected chi connectivity index (χ0v) is 9.28. The van der Waals surface area contributed by atoms with Crippen LogP contribution < -0.4 is 0 Å². The SMILES string of the molecule is CC1C=CC2CCCC2C2CCCC12. The Morgan fingerprint density at radius 3 is 2.43 bits per heavy atom. The molecule has 3 rings (SSSR count). The molecule has 0 aromatic rings. The van der Waals surface area contributed by atoms with E-state index >= 15 is 0 Å². The van der Waals surface area contributed by atoms with Crippen molar-refractivity contribution in [2.75, 3.05) is 0 Å². The summed E-state index contributed by atoms with van der Waals surface area (Å²) in [5.74, 6) is 5.04. The molecule has 2 saturated carbocycles. The van der Waals surface area contributed by atoms with Crippen molar-refractivity contribution >= 4 is 0 Å². The van der Waals surface area contributed by atoms with Gasteiger partial charge in [-0.2, -0.15) is 0 Å². The lowest BCUT2D eigenvalue weighted by molar-refractivity contribution is 0.214. The smallest absolute Gasteiger partial charge is 0.0202 e. The first-order valence-electron chi connectivity index (χ1n) is 6.54. The van der Waals surface area contributed by atoms with Gasteiger partial charge in [-0.05, 0) is 55.3 Å². The molecule has 14 heavy (non-hydrogen) atoms. The fraction of sp³-hybridized carbons (Fsp3) is 0.857. The number of allylic oxidation sites excluding steroid dienone is 2. The maximum absolute atomic E-state index is 2.57. The third-order valence-corrected chi connectivity index (χ3v) is 5.14. The highest BCUT2D eigenvalue weighted by Gasteiger charge is 2.42. The third kappa shape index (κ3) is 1.26. The molecule has 2 fully saturated rings. The van der Waals surface area contributed by atoms with Crippen LogP contribution in [0, 0.1) is 29.6 Å². The highest BCUT2D eigenvalue weighted by molar-refractivity contribution is 5.06. The van der Waals surface area contributed by atoms with Gasteiger partial charge in [-0.1, -0.05) is 31.9 Å². The summed E-state index contributed by atoms with van der Waals surface area (Å²) in [5, 5.41) is 0. The average Bonchev–Trinajstić information content (AvgIpc) is 2.80. The molecule has 78 valence electrons. The standard InChI is InChI=1S/C14H22/c1-10-8-9-11-4-2-6-13(11)14-7-3-5-12(10)14/h8-14H,2-7H2,1H3. The molecule has 0 aliphatic heterocycles. The second kappa shape index (κ2) is 3.40. The molecule has 0 spiro atoms. The van der Waals surface area contributed by atoms with E-state index in [9.17, 15) is 0 Å². The maximum atomic E-state index is 2.57. The van der Waals surface area contributed by atoms with Crippen molar-refractivity contribution in [3.63, 3.8) is 0 Å². The highest BCUT2D eigenvalue weighted by Crippen LogP contribution is 2.51. The van der Waals surface area contributed by atoms with Crippen LogP contribution in [0.25, 0.3) is 0 Å². The highest BCUT2D eigenvalue weighted by atomic mass is 14.5. The molecule has 3 aliphatic carbocycles. The number of hydrogen-bond donors (Lipinski definition) is 0. The van der Waals surface area contributed by atoms with Crippen molar-refractivity contribution in [1.29, 1.82) is 0 Å². The van der Waals surface area contributed by atoms with Crippen molar-refractivity contribution < 1.29 is 0 Å². The summed E-state index contributed by atoms with van der Waals surface area (Å²) >= 11 is 0.